The third kappa shape index (κ3) is 3.98. The van der Waals surface area contributed by atoms with Crippen molar-refractivity contribution in [2.45, 2.75) is 17.3 Å². The van der Waals surface area contributed by atoms with Gasteiger partial charge >= 0.3 is 0 Å². The lowest BCUT2D eigenvalue weighted by molar-refractivity contribution is -0.117. The number of anilines is 1. The van der Waals surface area contributed by atoms with Gasteiger partial charge in [0.25, 0.3) is 0 Å². The second-order valence-electron chi connectivity index (χ2n) is 6.06. The van der Waals surface area contributed by atoms with E-state index in [4.69, 9.17) is 4.74 Å². The standard InChI is InChI=1S/C20H22N4O2S/c1-14(19(25)23(2)15-10-6-5-7-11-15)27-20-22-21-18(24(20)3)16-12-8-9-13-17(16)26-4/h5-14H,1-4H3/t14-/m1/s1. The third-order valence-electron chi connectivity index (χ3n) is 4.29. The number of benzene rings is 2. The van der Waals surface area contributed by atoms with Gasteiger partial charge in [-0.3, -0.25) is 4.79 Å². The minimum absolute atomic E-state index is 0.00745. The van der Waals surface area contributed by atoms with Crippen LogP contribution in [0.15, 0.2) is 59.8 Å². The third-order valence-corrected chi connectivity index (χ3v) is 5.41. The number of thioether (sulfide) groups is 1. The molecule has 1 aromatic heterocycles. The molecule has 1 amide bonds. The van der Waals surface area contributed by atoms with Crippen molar-refractivity contribution in [1.29, 1.82) is 0 Å². The van der Waals surface area contributed by atoms with Crippen LogP contribution in [0.25, 0.3) is 11.4 Å². The summed E-state index contributed by atoms with van der Waals surface area (Å²) in [6.07, 6.45) is 0. The largest absolute Gasteiger partial charge is 0.496 e. The minimum Gasteiger partial charge on any atom is -0.496 e. The Kier molecular flexibility index (Phi) is 5.81. The van der Waals surface area contributed by atoms with Crippen molar-refractivity contribution in [3.8, 4) is 17.1 Å². The van der Waals surface area contributed by atoms with E-state index in [0.29, 0.717) is 11.0 Å². The highest BCUT2D eigenvalue weighted by Crippen LogP contribution is 2.31. The Bertz CT molecular complexity index is 927. The van der Waals surface area contributed by atoms with Gasteiger partial charge in [0.1, 0.15) is 5.75 Å². The highest BCUT2D eigenvalue weighted by atomic mass is 32.2. The average molecular weight is 382 g/mol. The van der Waals surface area contributed by atoms with Crippen molar-refractivity contribution in [2.75, 3.05) is 19.1 Å². The molecule has 3 aromatic rings. The van der Waals surface area contributed by atoms with Crippen molar-refractivity contribution in [3.63, 3.8) is 0 Å². The summed E-state index contributed by atoms with van der Waals surface area (Å²) in [5.41, 5.74) is 1.73. The molecule has 0 aliphatic carbocycles. The number of hydrogen-bond acceptors (Lipinski definition) is 5. The van der Waals surface area contributed by atoms with Crippen LogP contribution >= 0.6 is 11.8 Å². The lowest BCUT2D eigenvalue weighted by Gasteiger charge is -2.20. The molecule has 0 unspecified atom stereocenters. The summed E-state index contributed by atoms with van der Waals surface area (Å²) in [5.74, 6) is 1.44. The molecule has 0 N–H and O–H groups in total. The fraction of sp³-hybridized carbons (Fsp3) is 0.250. The Morgan fingerprint density at radius 2 is 1.78 bits per heavy atom. The highest BCUT2D eigenvalue weighted by Gasteiger charge is 2.23. The first kappa shape index (κ1) is 19.0. The lowest BCUT2D eigenvalue weighted by Crippen LogP contribution is -2.33. The predicted octanol–water partition coefficient (Wildman–Crippen LogP) is 3.63. The van der Waals surface area contributed by atoms with E-state index in [9.17, 15) is 4.79 Å². The van der Waals surface area contributed by atoms with Crippen LogP contribution in [0.4, 0.5) is 5.69 Å². The van der Waals surface area contributed by atoms with Crippen LogP contribution in [-0.4, -0.2) is 40.1 Å². The van der Waals surface area contributed by atoms with E-state index in [1.807, 2.05) is 73.1 Å². The molecule has 0 spiro atoms. The molecule has 0 bridgehead atoms. The molecule has 1 heterocycles. The molecule has 0 aliphatic heterocycles. The topological polar surface area (TPSA) is 60.3 Å². The van der Waals surface area contributed by atoms with Crippen LogP contribution in [0.5, 0.6) is 5.75 Å². The number of hydrogen-bond donors (Lipinski definition) is 0. The normalized spacial score (nSPS) is 11.9. The van der Waals surface area contributed by atoms with Crippen LogP contribution < -0.4 is 9.64 Å². The molecule has 27 heavy (non-hydrogen) atoms. The van der Waals surface area contributed by atoms with E-state index in [0.717, 1.165) is 17.0 Å². The van der Waals surface area contributed by atoms with Crippen LogP contribution in [0.3, 0.4) is 0 Å². The van der Waals surface area contributed by atoms with Crippen LogP contribution in [-0.2, 0) is 11.8 Å². The van der Waals surface area contributed by atoms with E-state index in [-0.39, 0.29) is 11.2 Å². The fourth-order valence-electron chi connectivity index (χ4n) is 2.74. The number of carbonyl (C=O) groups is 1. The maximum absolute atomic E-state index is 12.8. The molecule has 140 valence electrons. The molecule has 2 aromatic carbocycles. The molecule has 6 nitrogen and oxygen atoms in total. The zero-order valence-corrected chi connectivity index (χ0v) is 16.6. The van der Waals surface area contributed by atoms with Gasteiger partial charge in [-0.2, -0.15) is 0 Å². The molecule has 0 saturated heterocycles. The van der Waals surface area contributed by atoms with Crippen LogP contribution in [0.1, 0.15) is 6.92 Å². The predicted molar refractivity (Wildman–Crippen MR) is 108 cm³/mol. The van der Waals surface area contributed by atoms with Gasteiger partial charge < -0.3 is 14.2 Å². The van der Waals surface area contributed by atoms with Crippen molar-refractivity contribution in [1.82, 2.24) is 14.8 Å². The highest BCUT2D eigenvalue weighted by molar-refractivity contribution is 8.00. The van der Waals surface area contributed by atoms with Gasteiger partial charge in [0.2, 0.25) is 5.91 Å². The van der Waals surface area contributed by atoms with E-state index in [1.165, 1.54) is 11.8 Å². The summed E-state index contributed by atoms with van der Waals surface area (Å²) < 4.78 is 7.30. The number of aromatic nitrogens is 3. The Balaban J connectivity index is 1.78. The van der Waals surface area contributed by atoms with Crippen molar-refractivity contribution >= 4 is 23.4 Å². The number of carbonyl (C=O) groups excluding carboxylic acids is 1. The maximum atomic E-state index is 12.8. The van der Waals surface area contributed by atoms with Gasteiger partial charge in [-0.25, -0.2) is 0 Å². The molecule has 7 heteroatoms. The lowest BCUT2D eigenvalue weighted by atomic mass is 10.2. The first-order valence-electron chi connectivity index (χ1n) is 8.55. The molecule has 0 aliphatic rings. The van der Waals surface area contributed by atoms with Crippen molar-refractivity contribution < 1.29 is 9.53 Å². The molecule has 3 rings (SSSR count). The Hall–Kier alpha value is -2.80. The van der Waals surface area contributed by atoms with Gasteiger partial charge in [0.05, 0.1) is 17.9 Å². The first-order chi connectivity index (χ1) is 13.0. The molecule has 1 atom stereocenters. The smallest absolute Gasteiger partial charge is 0.240 e. The zero-order chi connectivity index (χ0) is 19.4. The van der Waals surface area contributed by atoms with Gasteiger partial charge in [0.15, 0.2) is 11.0 Å². The summed E-state index contributed by atoms with van der Waals surface area (Å²) in [7, 11) is 5.30. The molecule has 0 fully saturated rings. The first-order valence-corrected chi connectivity index (χ1v) is 9.43. The summed E-state index contributed by atoms with van der Waals surface area (Å²) in [5, 5.41) is 8.95. The van der Waals surface area contributed by atoms with E-state index < -0.39 is 0 Å². The van der Waals surface area contributed by atoms with Gasteiger partial charge in [-0.05, 0) is 31.2 Å². The second-order valence-corrected chi connectivity index (χ2v) is 7.37. The molecular formula is C20H22N4O2S. The summed E-state index contributed by atoms with van der Waals surface area (Å²) in [6, 6.07) is 17.3. The molecular weight excluding hydrogens is 360 g/mol. The number of nitrogens with zero attached hydrogens (tertiary/aromatic N) is 4. The van der Waals surface area contributed by atoms with Gasteiger partial charge in [-0.1, -0.05) is 42.1 Å². The maximum Gasteiger partial charge on any atom is 0.240 e. The number of amides is 1. The summed E-state index contributed by atoms with van der Waals surface area (Å²) in [6.45, 7) is 1.88. The van der Waals surface area contributed by atoms with Crippen molar-refractivity contribution in [2.24, 2.45) is 7.05 Å². The van der Waals surface area contributed by atoms with Crippen LogP contribution in [0.2, 0.25) is 0 Å². The fourth-order valence-corrected chi connectivity index (χ4v) is 3.65. The number of methoxy groups -OCH3 is 1. The summed E-state index contributed by atoms with van der Waals surface area (Å²) >= 11 is 1.39. The van der Waals surface area contributed by atoms with E-state index in [2.05, 4.69) is 10.2 Å². The molecule has 0 saturated carbocycles. The van der Waals surface area contributed by atoms with Gasteiger partial charge in [0, 0.05) is 19.8 Å². The van der Waals surface area contributed by atoms with Gasteiger partial charge in [-0.15, -0.1) is 10.2 Å². The van der Waals surface area contributed by atoms with Crippen LogP contribution in [0, 0.1) is 0 Å². The second kappa shape index (κ2) is 8.26. The Morgan fingerprint density at radius 3 is 2.48 bits per heavy atom. The SMILES string of the molecule is COc1ccccc1-c1nnc(S[C@H](C)C(=O)N(C)c2ccccc2)n1C. The quantitative estimate of drug-likeness (QED) is 0.609. The van der Waals surface area contributed by atoms with E-state index in [1.54, 1.807) is 19.1 Å². The molecule has 0 radical (unpaired) electrons. The van der Waals surface area contributed by atoms with Crippen molar-refractivity contribution in [3.05, 3.63) is 54.6 Å². The number of ether oxygens (including phenoxy) is 1. The zero-order valence-electron chi connectivity index (χ0n) is 15.8. The number of rotatable bonds is 6. The Labute approximate surface area is 163 Å². The monoisotopic (exact) mass is 382 g/mol. The average Bonchev–Trinajstić information content (AvgIpc) is 3.07. The number of para-hydroxylation sites is 2. The summed E-state index contributed by atoms with van der Waals surface area (Å²) in [4.78, 5) is 14.4. The minimum atomic E-state index is -0.302. The van der Waals surface area contributed by atoms with E-state index >= 15 is 0 Å². The Morgan fingerprint density at radius 1 is 1.11 bits per heavy atom.